The van der Waals surface area contributed by atoms with Crippen LogP contribution in [0.25, 0.3) is 49.9 Å². The van der Waals surface area contributed by atoms with Crippen LogP contribution < -0.4 is 13.7 Å². The van der Waals surface area contributed by atoms with E-state index in [1.165, 1.54) is 6.07 Å². The van der Waals surface area contributed by atoms with E-state index in [1.807, 2.05) is 61.4 Å². The zero-order chi connectivity index (χ0) is 54.5. The Balaban J connectivity index is 0.00000672. The van der Waals surface area contributed by atoms with Crippen molar-refractivity contribution in [2.45, 2.75) is 59.2 Å². The predicted octanol–water partition coefficient (Wildman–Crippen LogP) is 15.2. The summed E-state index contributed by atoms with van der Waals surface area (Å²) in [4.78, 5) is 4.84. The molecule has 5 heterocycles. The zero-order valence-corrected chi connectivity index (χ0v) is 38.4. The van der Waals surface area contributed by atoms with Crippen molar-refractivity contribution < 1.29 is 43.6 Å². The summed E-state index contributed by atoms with van der Waals surface area (Å²) in [5.41, 5.74) is 4.36. The van der Waals surface area contributed by atoms with Crippen molar-refractivity contribution >= 4 is 44.6 Å². The minimum atomic E-state index is -2.72. The third-order valence-electron chi connectivity index (χ3n) is 12.4. The van der Waals surface area contributed by atoms with Crippen molar-refractivity contribution in [3.63, 3.8) is 0 Å². The molecule has 320 valence electrons. The first-order valence-electron chi connectivity index (χ1n) is 27.4. The predicted molar refractivity (Wildman–Crippen MR) is 261 cm³/mol. The molecule has 0 spiro atoms. The average Bonchev–Trinajstić information content (AvgIpc) is 3.96. The van der Waals surface area contributed by atoms with E-state index in [0.29, 0.717) is 28.6 Å². The molecule has 2 aromatic heterocycles. The Kier molecular flexibility index (Phi) is 7.01. The van der Waals surface area contributed by atoms with Crippen LogP contribution in [0.1, 0.15) is 76.1 Å². The van der Waals surface area contributed by atoms with Gasteiger partial charge in [0.25, 0.3) is 0 Å². The van der Waals surface area contributed by atoms with E-state index in [9.17, 15) is 5.48 Å². The Morgan fingerprint density at radius 3 is 2.02 bits per heavy atom. The fourth-order valence-corrected chi connectivity index (χ4v) is 9.39. The molecule has 1 fully saturated rings. The Morgan fingerprint density at radius 1 is 0.672 bits per heavy atom. The van der Waals surface area contributed by atoms with Crippen molar-refractivity contribution in [1.82, 2.24) is 18.5 Å². The van der Waals surface area contributed by atoms with Crippen molar-refractivity contribution in [2.24, 2.45) is 0 Å². The van der Waals surface area contributed by atoms with Gasteiger partial charge in [0.1, 0.15) is 11.5 Å². The summed E-state index contributed by atoms with van der Waals surface area (Å²) in [6, 6.07) is 31.1. The summed E-state index contributed by atoms with van der Waals surface area (Å²) in [6.45, 7) is 11.8. The first-order valence-corrected chi connectivity index (χ1v) is 20.9. The van der Waals surface area contributed by atoms with Crippen molar-refractivity contribution in [2.75, 3.05) is 6.67 Å². The summed E-state index contributed by atoms with van der Waals surface area (Å²) in [5.74, 6) is 1.48. The van der Waals surface area contributed by atoms with Crippen LogP contribution in [-0.2, 0) is 31.9 Å². The maximum absolute atomic E-state index is 9.22. The molecule has 9 aromatic rings. The van der Waals surface area contributed by atoms with Crippen molar-refractivity contribution in [3.05, 3.63) is 199 Å². The number of benzene rings is 7. The number of hydrogen-bond acceptors (Lipinski definition) is 2. The number of fused-ring (bicyclic) bond motifs is 3. The third-order valence-corrected chi connectivity index (χ3v) is 12.4. The van der Waals surface area contributed by atoms with Gasteiger partial charge in [0.2, 0.25) is 0 Å². The molecule has 0 aliphatic carbocycles. The van der Waals surface area contributed by atoms with Crippen LogP contribution in [-0.4, -0.2) is 16.2 Å². The molecule has 0 N–H and O–H groups in total. The summed E-state index contributed by atoms with van der Waals surface area (Å²) >= 11 is 0. The number of pyridine rings is 1. The molecule has 0 amide bonds. The van der Waals surface area contributed by atoms with Crippen LogP contribution in [0, 0.1) is 25.7 Å². The molecule has 64 heavy (non-hydrogen) atoms. The van der Waals surface area contributed by atoms with Gasteiger partial charge in [0.15, 0.2) is 18.0 Å². The van der Waals surface area contributed by atoms with Gasteiger partial charge in [0, 0.05) is 76.8 Å². The maximum Gasteiger partial charge on any atom is 0.184 e. The van der Waals surface area contributed by atoms with E-state index in [4.69, 9.17) is 22.1 Å². The van der Waals surface area contributed by atoms with Crippen molar-refractivity contribution in [3.8, 4) is 39.6 Å². The number of para-hydroxylation sites is 3. The molecule has 0 unspecified atom stereocenters. The zero-order valence-electron chi connectivity index (χ0n) is 49.1. The quantitative estimate of drug-likeness (QED) is 0.117. The second kappa shape index (κ2) is 15.3. The molecular weight excluding hydrogens is 964 g/mol. The van der Waals surface area contributed by atoms with E-state index in [2.05, 4.69) is 76.4 Å². The van der Waals surface area contributed by atoms with E-state index in [0.717, 1.165) is 38.8 Å². The van der Waals surface area contributed by atoms with Gasteiger partial charge in [-0.2, -0.15) is 6.07 Å². The smallest absolute Gasteiger partial charge is 0.184 e. The molecule has 0 saturated carbocycles. The maximum atomic E-state index is 9.22. The Morgan fingerprint density at radius 2 is 1.34 bits per heavy atom. The number of quaternary nitrogens is 2. The van der Waals surface area contributed by atoms with Crippen LogP contribution in [0.15, 0.2) is 164 Å². The number of hydrogen-bond donors (Lipinski definition) is 0. The largest absolute Gasteiger partial charge is 0.509 e. The first-order chi connectivity index (χ1) is 35.7. The van der Waals surface area contributed by atoms with Gasteiger partial charge < -0.3 is 13.8 Å². The molecule has 3 aliphatic heterocycles. The molecule has 6 heteroatoms. The SMILES string of the molecule is [2H]c1c([2H])c([2H])c(-c2cccc(-c3c([2H])c([2H])c([2H])c([2H])c3[2H])c2[N@+]23[CH-][N@+](c4[c-]c(Oc5[c-]c6c(cc5)c5ccccc5n6-c5cc(C(C)(C)C)ccn5)cc(C(C)(C)C)c4)(C2)c2cccc(C([2H])([2H])[2H])c23)c([2H])c1[2H].[Pt]. The van der Waals surface area contributed by atoms with Crippen LogP contribution in [0.3, 0.4) is 0 Å². The molecule has 0 radical (unpaired) electrons. The fourth-order valence-electron chi connectivity index (χ4n) is 9.39. The number of aryl methyl sites for hydroxylation is 1. The summed E-state index contributed by atoms with van der Waals surface area (Å²) < 4.78 is 124. The topological polar surface area (TPSA) is 27.1 Å². The number of nitrogens with zero attached hydrogens (tertiary/aromatic N) is 4. The van der Waals surface area contributed by atoms with Crippen LogP contribution in [0.5, 0.6) is 11.5 Å². The molecular formula is C58H51N4OPt-. The Labute approximate surface area is 409 Å². The molecule has 2 atom stereocenters. The summed E-state index contributed by atoms with van der Waals surface area (Å²) in [7, 11) is 0. The standard InChI is InChI=1S/C58H51N4O.Pt/c1-39-18-16-27-53-55(39)62(56-47(40-19-10-8-11-20-40)24-17-25-48(56)41-21-12-9-13-22-41)37-61(53,38-62)44-32-43(58(5,6)7)33-46(35-44)63-45-28-29-50-49-23-14-15-26-51(49)60(52(50)36-45)54-34-42(30-31-59-54)57(2,3)4;/h8-34,37H,38H2,1-7H3;/q-1;/t61-,62-;/m1./s1/i1D3,8D,9D,10D,11D,12D,13D,19D,20D,21D,22D;. The van der Waals surface area contributed by atoms with Gasteiger partial charge in [-0.05, 0) is 70.1 Å². The van der Waals surface area contributed by atoms with Gasteiger partial charge in [0.05, 0.1) is 20.4 Å². The summed E-state index contributed by atoms with van der Waals surface area (Å²) in [6.07, 6.45) is 1.82. The molecule has 3 aliphatic rings. The number of ether oxygens (including phenoxy) is 1. The van der Waals surface area contributed by atoms with Crippen LogP contribution in [0.4, 0.5) is 22.7 Å². The molecule has 2 bridgehead atoms. The summed E-state index contributed by atoms with van der Waals surface area (Å²) in [5, 5.41) is 1.97. The third kappa shape index (κ3) is 6.59. The van der Waals surface area contributed by atoms with Crippen LogP contribution >= 0.6 is 0 Å². The Hall–Kier alpha value is -6.10. The number of aromatic nitrogens is 2. The Bertz CT molecular complexity index is 3820. The second-order valence-corrected chi connectivity index (χ2v) is 18.4. The van der Waals surface area contributed by atoms with Crippen molar-refractivity contribution in [1.29, 1.82) is 0 Å². The minimum Gasteiger partial charge on any atom is -0.509 e. The first kappa shape index (κ1) is 29.4. The fraction of sp³-hybridized carbons (Fsp3) is 0.172. The van der Waals surface area contributed by atoms with Gasteiger partial charge in [-0.15, -0.1) is 35.2 Å². The number of rotatable bonds is 7. The molecule has 12 rings (SSSR count). The van der Waals surface area contributed by atoms with E-state index in [1.54, 1.807) is 24.3 Å². The van der Waals surface area contributed by atoms with Crippen LogP contribution in [0.2, 0.25) is 0 Å². The van der Waals surface area contributed by atoms with E-state index in [-0.39, 0.29) is 71.1 Å². The molecule has 7 aromatic carbocycles. The average molecular weight is 1030 g/mol. The van der Waals surface area contributed by atoms with Gasteiger partial charge in [-0.3, -0.25) is 4.48 Å². The van der Waals surface area contributed by atoms with Gasteiger partial charge in [-0.25, -0.2) is 4.98 Å². The second-order valence-electron chi connectivity index (χ2n) is 18.4. The molecule has 5 nitrogen and oxygen atoms in total. The van der Waals surface area contributed by atoms with Gasteiger partial charge >= 0.3 is 0 Å². The minimum absolute atomic E-state index is 0. The van der Waals surface area contributed by atoms with E-state index < -0.39 is 77.2 Å². The molecule has 1 saturated heterocycles. The van der Waals surface area contributed by atoms with E-state index >= 15 is 0 Å². The normalized spacial score (nSPS) is 20.9. The van der Waals surface area contributed by atoms with Gasteiger partial charge in [-0.1, -0.05) is 150 Å². The monoisotopic (exact) mass is 1030 g/mol.